The molecule has 0 aliphatic carbocycles. The van der Waals surface area contributed by atoms with Gasteiger partial charge >= 0.3 is 11.9 Å². The molecule has 0 unspecified atom stereocenters. The zero-order valence-corrected chi connectivity index (χ0v) is 16.1. The van der Waals surface area contributed by atoms with E-state index in [0.29, 0.717) is 27.9 Å². The Bertz CT molecular complexity index is 1120. The van der Waals surface area contributed by atoms with E-state index in [1.165, 1.54) is 38.5 Å². The Morgan fingerprint density at radius 1 is 1.03 bits per heavy atom. The van der Waals surface area contributed by atoms with Crippen LogP contribution in [0.4, 0.5) is 4.39 Å². The summed E-state index contributed by atoms with van der Waals surface area (Å²) in [4.78, 5) is 28.3. The first-order valence-corrected chi connectivity index (χ1v) is 8.64. The molecule has 0 radical (unpaired) electrons. The quantitative estimate of drug-likeness (QED) is 0.368. The van der Waals surface area contributed by atoms with E-state index in [0.717, 1.165) is 0 Å². The third-order valence-corrected chi connectivity index (χ3v) is 4.12. The summed E-state index contributed by atoms with van der Waals surface area (Å²) in [5.74, 6) is -1.03. The standard InChI is InChI=1S/C22H18FNO5/c1-13-10-17(16-7-6-15(23)12-18(16)24-13)22(26)29-19-8-4-14(11-20(19)27-2)5-9-21(25)28-3/h4-12H,1-3H3/b9-5+. The first-order chi connectivity index (χ1) is 13.9. The summed E-state index contributed by atoms with van der Waals surface area (Å²) in [5, 5.41) is 0.485. The lowest BCUT2D eigenvalue weighted by Gasteiger charge is -2.12. The van der Waals surface area contributed by atoms with Crippen molar-refractivity contribution in [1.82, 2.24) is 4.98 Å². The number of ether oxygens (including phenoxy) is 3. The number of pyridine rings is 1. The van der Waals surface area contributed by atoms with Crippen LogP contribution < -0.4 is 9.47 Å². The summed E-state index contributed by atoms with van der Waals surface area (Å²) in [6, 6.07) is 10.4. The zero-order chi connectivity index (χ0) is 21.0. The van der Waals surface area contributed by atoms with Crippen molar-refractivity contribution < 1.29 is 28.2 Å². The highest BCUT2D eigenvalue weighted by Gasteiger charge is 2.17. The lowest BCUT2D eigenvalue weighted by molar-refractivity contribution is -0.134. The van der Waals surface area contributed by atoms with Crippen LogP contribution >= 0.6 is 0 Å². The molecule has 29 heavy (non-hydrogen) atoms. The second-order valence-corrected chi connectivity index (χ2v) is 6.13. The number of hydrogen-bond acceptors (Lipinski definition) is 6. The molecule has 2 aromatic carbocycles. The third-order valence-electron chi connectivity index (χ3n) is 4.12. The van der Waals surface area contributed by atoms with Gasteiger partial charge < -0.3 is 14.2 Å². The van der Waals surface area contributed by atoms with E-state index in [9.17, 15) is 14.0 Å². The Morgan fingerprint density at radius 3 is 2.55 bits per heavy atom. The summed E-state index contributed by atoms with van der Waals surface area (Å²) >= 11 is 0. The van der Waals surface area contributed by atoms with Gasteiger partial charge in [0.25, 0.3) is 0 Å². The fourth-order valence-electron chi connectivity index (χ4n) is 2.76. The number of hydrogen-bond donors (Lipinski definition) is 0. The number of halogens is 1. The summed E-state index contributed by atoms with van der Waals surface area (Å²) in [5.41, 5.74) is 1.86. The number of benzene rings is 2. The molecule has 0 bridgehead atoms. The molecular formula is C22H18FNO5. The number of methoxy groups -OCH3 is 2. The lowest BCUT2D eigenvalue weighted by atomic mass is 10.1. The lowest BCUT2D eigenvalue weighted by Crippen LogP contribution is -2.11. The molecule has 1 aromatic heterocycles. The van der Waals surface area contributed by atoms with Gasteiger partial charge in [0.1, 0.15) is 5.82 Å². The maximum atomic E-state index is 13.5. The van der Waals surface area contributed by atoms with Gasteiger partial charge in [-0.3, -0.25) is 4.98 Å². The average molecular weight is 395 g/mol. The topological polar surface area (TPSA) is 74.7 Å². The first-order valence-electron chi connectivity index (χ1n) is 8.64. The molecule has 0 aliphatic heterocycles. The number of nitrogens with zero attached hydrogens (tertiary/aromatic N) is 1. The minimum Gasteiger partial charge on any atom is -0.493 e. The van der Waals surface area contributed by atoms with Gasteiger partial charge in [-0.25, -0.2) is 14.0 Å². The first kappa shape index (κ1) is 20.0. The Morgan fingerprint density at radius 2 is 1.83 bits per heavy atom. The molecule has 0 fully saturated rings. The van der Waals surface area contributed by atoms with Crippen LogP contribution in [0.25, 0.3) is 17.0 Å². The smallest absolute Gasteiger partial charge is 0.344 e. The van der Waals surface area contributed by atoms with E-state index in [2.05, 4.69) is 9.72 Å². The number of rotatable bonds is 5. The van der Waals surface area contributed by atoms with Crippen molar-refractivity contribution in [3.63, 3.8) is 0 Å². The van der Waals surface area contributed by atoms with Gasteiger partial charge in [0.2, 0.25) is 0 Å². The zero-order valence-electron chi connectivity index (χ0n) is 16.1. The molecule has 3 aromatic rings. The third kappa shape index (κ3) is 4.57. The van der Waals surface area contributed by atoms with Crippen molar-refractivity contribution in [2.24, 2.45) is 0 Å². The highest BCUT2D eigenvalue weighted by molar-refractivity contribution is 6.04. The molecule has 6 nitrogen and oxygen atoms in total. The predicted molar refractivity (Wildman–Crippen MR) is 105 cm³/mol. The van der Waals surface area contributed by atoms with Crippen molar-refractivity contribution in [3.8, 4) is 11.5 Å². The Kier molecular flexibility index (Phi) is 5.87. The number of aryl methyl sites for hydroxylation is 1. The second kappa shape index (κ2) is 8.52. The van der Waals surface area contributed by atoms with Crippen molar-refractivity contribution >= 4 is 28.9 Å². The Hall–Kier alpha value is -3.74. The predicted octanol–water partition coefficient (Wildman–Crippen LogP) is 4.10. The van der Waals surface area contributed by atoms with Gasteiger partial charge in [-0.1, -0.05) is 6.07 Å². The molecule has 148 valence electrons. The van der Waals surface area contributed by atoms with Crippen LogP contribution in [0, 0.1) is 12.7 Å². The van der Waals surface area contributed by atoms with E-state index in [-0.39, 0.29) is 11.3 Å². The maximum Gasteiger partial charge on any atom is 0.344 e. The maximum absolute atomic E-state index is 13.5. The van der Waals surface area contributed by atoms with Crippen LogP contribution in [0.15, 0.2) is 48.5 Å². The Labute approximate surface area is 166 Å². The molecule has 1 heterocycles. The van der Waals surface area contributed by atoms with Gasteiger partial charge in [-0.05, 0) is 48.9 Å². The van der Waals surface area contributed by atoms with Gasteiger partial charge in [-0.15, -0.1) is 0 Å². The molecule has 0 spiro atoms. The number of carbonyl (C=O) groups excluding carboxylic acids is 2. The second-order valence-electron chi connectivity index (χ2n) is 6.13. The Balaban J connectivity index is 1.92. The number of aromatic nitrogens is 1. The summed E-state index contributed by atoms with van der Waals surface area (Å²) < 4.78 is 28.9. The normalized spacial score (nSPS) is 10.9. The van der Waals surface area contributed by atoms with E-state index in [4.69, 9.17) is 9.47 Å². The van der Waals surface area contributed by atoms with Gasteiger partial charge in [0.05, 0.1) is 25.3 Å². The van der Waals surface area contributed by atoms with E-state index in [1.54, 1.807) is 37.3 Å². The molecular weight excluding hydrogens is 377 g/mol. The molecule has 0 atom stereocenters. The minimum absolute atomic E-state index is 0.206. The van der Waals surface area contributed by atoms with Crippen molar-refractivity contribution in [1.29, 1.82) is 0 Å². The molecule has 3 rings (SSSR count). The van der Waals surface area contributed by atoms with Gasteiger partial charge in [-0.2, -0.15) is 0 Å². The number of carbonyl (C=O) groups is 2. The highest BCUT2D eigenvalue weighted by Crippen LogP contribution is 2.30. The summed E-state index contributed by atoms with van der Waals surface area (Å²) in [6.45, 7) is 1.71. The number of fused-ring (bicyclic) bond motifs is 1. The van der Waals surface area contributed by atoms with Crippen molar-refractivity contribution in [2.45, 2.75) is 6.92 Å². The van der Waals surface area contributed by atoms with Crippen molar-refractivity contribution in [2.75, 3.05) is 14.2 Å². The molecule has 0 saturated carbocycles. The van der Waals surface area contributed by atoms with E-state index in [1.807, 2.05) is 0 Å². The fourth-order valence-corrected chi connectivity index (χ4v) is 2.76. The summed E-state index contributed by atoms with van der Waals surface area (Å²) in [7, 11) is 2.73. The van der Waals surface area contributed by atoms with Crippen LogP contribution in [-0.4, -0.2) is 31.1 Å². The molecule has 0 N–H and O–H groups in total. The van der Waals surface area contributed by atoms with Crippen molar-refractivity contribution in [3.05, 3.63) is 71.2 Å². The molecule has 7 heteroatoms. The number of esters is 2. The minimum atomic E-state index is -0.622. The van der Waals surface area contributed by atoms with Crippen LogP contribution in [0.3, 0.4) is 0 Å². The molecule has 0 aliphatic rings. The van der Waals surface area contributed by atoms with Crippen LogP contribution in [0.1, 0.15) is 21.6 Å². The van der Waals surface area contributed by atoms with Crippen LogP contribution in [0.5, 0.6) is 11.5 Å². The average Bonchev–Trinajstić information content (AvgIpc) is 2.71. The monoisotopic (exact) mass is 395 g/mol. The highest BCUT2D eigenvalue weighted by atomic mass is 19.1. The van der Waals surface area contributed by atoms with E-state index >= 15 is 0 Å². The SMILES string of the molecule is COC(=O)/C=C/c1ccc(OC(=O)c2cc(C)nc3cc(F)ccc23)c(OC)c1. The fraction of sp³-hybridized carbons (Fsp3) is 0.136. The van der Waals surface area contributed by atoms with Gasteiger partial charge in [0.15, 0.2) is 11.5 Å². The van der Waals surface area contributed by atoms with Gasteiger partial charge in [0, 0.05) is 23.2 Å². The van der Waals surface area contributed by atoms with E-state index < -0.39 is 17.8 Å². The van der Waals surface area contributed by atoms with Crippen LogP contribution in [-0.2, 0) is 9.53 Å². The summed E-state index contributed by atoms with van der Waals surface area (Å²) in [6.07, 6.45) is 2.82. The largest absolute Gasteiger partial charge is 0.493 e. The molecule has 0 amide bonds. The molecule has 0 saturated heterocycles. The van der Waals surface area contributed by atoms with Crippen LogP contribution in [0.2, 0.25) is 0 Å².